The van der Waals surface area contributed by atoms with E-state index in [1.165, 1.54) is 11.3 Å². The largest absolute Gasteiger partial charge is 0.466 e. The lowest BCUT2D eigenvalue weighted by Crippen LogP contribution is -2.38. The van der Waals surface area contributed by atoms with Crippen molar-refractivity contribution < 1.29 is 14.3 Å². The zero-order valence-corrected chi connectivity index (χ0v) is 11.9. The van der Waals surface area contributed by atoms with Crippen LogP contribution in [0.25, 0.3) is 0 Å². The van der Waals surface area contributed by atoms with Gasteiger partial charge in [-0.1, -0.05) is 6.07 Å². The van der Waals surface area contributed by atoms with Crippen LogP contribution in [0.2, 0.25) is 0 Å². The second kappa shape index (κ2) is 6.70. The SMILES string of the molecule is CCOC(=O)CC1CCN(C(=O)c2cccs2)CC1. The maximum atomic E-state index is 12.1. The van der Waals surface area contributed by atoms with E-state index in [0.717, 1.165) is 30.8 Å². The van der Waals surface area contributed by atoms with E-state index >= 15 is 0 Å². The molecule has 2 rings (SSSR count). The van der Waals surface area contributed by atoms with Crippen LogP contribution >= 0.6 is 11.3 Å². The molecule has 0 bridgehead atoms. The van der Waals surface area contributed by atoms with Gasteiger partial charge in [-0.3, -0.25) is 9.59 Å². The number of likely N-dealkylation sites (tertiary alicyclic amines) is 1. The molecular formula is C14H19NO3S. The Morgan fingerprint density at radius 3 is 2.74 bits per heavy atom. The van der Waals surface area contributed by atoms with Gasteiger partial charge in [0.25, 0.3) is 5.91 Å². The number of carbonyl (C=O) groups excluding carboxylic acids is 2. The molecule has 0 N–H and O–H groups in total. The van der Waals surface area contributed by atoms with Crippen molar-refractivity contribution in [2.75, 3.05) is 19.7 Å². The lowest BCUT2D eigenvalue weighted by Gasteiger charge is -2.31. The van der Waals surface area contributed by atoms with Gasteiger partial charge in [-0.05, 0) is 37.1 Å². The molecule has 0 unspecified atom stereocenters. The van der Waals surface area contributed by atoms with Crippen LogP contribution in [0, 0.1) is 5.92 Å². The third-order valence-electron chi connectivity index (χ3n) is 3.39. The van der Waals surface area contributed by atoms with E-state index < -0.39 is 0 Å². The van der Waals surface area contributed by atoms with Gasteiger partial charge in [0.15, 0.2) is 0 Å². The first kappa shape index (κ1) is 14.1. The van der Waals surface area contributed by atoms with E-state index in [1.807, 2.05) is 29.3 Å². The number of amides is 1. The second-order valence-corrected chi connectivity index (χ2v) is 5.67. The van der Waals surface area contributed by atoms with Gasteiger partial charge in [0.1, 0.15) is 0 Å². The number of thiophene rings is 1. The Balaban J connectivity index is 1.79. The first-order chi connectivity index (χ1) is 9.20. The first-order valence-corrected chi connectivity index (χ1v) is 7.57. The molecule has 1 saturated heterocycles. The summed E-state index contributed by atoms with van der Waals surface area (Å²) in [5.41, 5.74) is 0. The fourth-order valence-corrected chi connectivity index (χ4v) is 3.04. The summed E-state index contributed by atoms with van der Waals surface area (Å²) >= 11 is 1.48. The van der Waals surface area contributed by atoms with Crippen molar-refractivity contribution in [3.63, 3.8) is 0 Å². The average Bonchev–Trinajstić information content (AvgIpc) is 2.93. The molecule has 1 aromatic rings. The fraction of sp³-hybridized carbons (Fsp3) is 0.571. The quantitative estimate of drug-likeness (QED) is 0.797. The van der Waals surface area contributed by atoms with Gasteiger partial charge in [0.05, 0.1) is 11.5 Å². The maximum Gasteiger partial charge on any atom is 0.306 e. The van der Waals surface area contributed by atoms with Crippen molar-refractivity contribution in [1.29, 1.82) is 0 Å². The zero-order chi connectivity index (χ0) is 13.7. The minimum atomic E-state index is -0.120. The van der Waals surface area contributed by atoms with Crippen molar-refractivity contribution >= 4 is 23.2 Å². The number of piperidine rings is 1. The minimum Gasteiger partial charge on any atom is -0.466 e. The van der Waals surface area contributed by atoms with E-state index in [-0.39, 0.29) is 11.9 Å². The van der Waals surface area contributed by atoms with Crippen LogP contribution in [0.1, 0.15) is 35.9 Å². The van der Waals surface area contributed by atoms with Gasteiger partial charge >= 0.3 is 5.97 Å². The highest BCUT2D eigenvalue weighted by atomic mass is 32.1. The Labute approximate surface area is 117 Å². The normalized spacial score (nSPS) is 16.4. The molecule has 19 heavy (non-hydrogen) atoms. The molecule has 0 atom stereocenters. The molecule has 0 radical (unpaired) electrons. The van der Waals surface area contributed by atoms with E-state index in [4.69, 9.17) is 4.74 Å². The number of hydrogen-bond donors (Lipinski definition) is 0. The van der Waals surface area contributed by atoms with Crippen molar-refractivity contribution in [3.8, 4) is 0 Å². The number of esters is 1. The van der Waals surface area contributed by atoms with Crippen molar-refractivity contribution in [2.45, 2.75) is 26.2 Å². The summed E-state index contributed by atoms with van der Waals surface area (Å²) < 4.78 is 4.96. The molecule has 0 aromatic carbocycles. The van der Waals surface area contributed by atoms with E-state index in [9.17, 15) is 9.59 Å². The highest BCUT2D eigenvalue weighted by Gasteiger charge is 2.25. The molecule has 1 aliphatic heterocycles. The molecule has 0 aliphatic carbocycles. The van der Waals surface area contributed by atoms with Gasteiger partial charge in [-0.15, -0.1) is 11.3 Å². The topological polar surface area (TPSA) is 46.6 Å². The summed E-state index contributed by atoms with van der Waals surface area (Å²) in [5.74, 6) is 0.349. The Morgan fingerprint density at radius 2 is 2.16 bits per heavy atom. The molecule has 0 saturated carbocycles. The Morgan fingerprint density at radius 1 is 1.42 bits per heavy atom. The summed E-state index contributed by atoms with van der Waals surface area (Å²) in [5, 5.41) is 1.92. The lowest BCUT2D eigenvalue weighted by atomic mass is 9.93. The van der Waals surface area contributed by atoms with Gasteiger partial charge in [0.2, 0.25) is 0 Å². The zero-order valence-electron chi connectivity index (χ0n) is 11.1. The van der Waals surface area contributed by atoms with Crippen LogP contribution in [0.3, 0.4) is 0 Å². The highest BCUT2D eigenvalue weighted by molar-refractivity contribution is 7.12. The van der Waals surface area contributed by atoms with Crippen LogP contribution in [0.5, 0.6) is 0 Å². The molecule has 2 heterocycles. The Bertz CT molecular complexity index is 422. The van der Waals surface area contributed by atoms with Crippen LogP contribution in [-0.4, -0.2) is 36.5 Å². The third kappa shape index (κ3) is 3.80. The molecule has 1 fully saturated rings. The van der Waals surface area contributed by atoms with Crippen molar-refractivity contribution in [3.05, 3.63) is 22.4 Å². The minimum absolute atomic E-state index is 0.115. The summed E-state index contributed by atoms with van der Waals surface area (Å²) in [6.45, 7) is 3.73. The van der Waals surface area contributed by atoms with E-state index in [1.54, 1.807) is 0 Å². The summed E-state index contributed by atoms with van der Waals surface area (Å²) in [6.07, 6.45) is 2.25. The molecule has 1 aromatic heterocycles. The van der Waals surface area contributed by atoms with Crippen molar-refractivity contribution in [2.24, 2.45) is 5.92 Å². The van der Waals surface area contributed by atoms with Crippen molar-refractivity contribution in [1.82, 2.24) is 4.90 Å². The second-order valence-electron chi connectivity index (χ2n) is 4.72. The number of rotatable bonds is 4. The van der Waals surface area contributed by atoms with Gasteiger partial charge in [0, 0.05) is 19.5 Å². The fourth-order valence-electron chi connectivity index (χ4n) is 2.35. The standard InChI is InChI=1S/C14H19NO3S/c1-2-18-13(16)10-11-5-7-15(8-6-11)14(17)12-4-3-9-19-12/h3-4,9,11H,2,5-8,10H2,1H3. The predicted octanol–water partition coefficient (Wildman–Crippen LogP) is 2.55. The summed E-state index contributed by atoms with van der Waals surface area (Å²) in [7, 11) is 0. The first-order valence-electron chi connectivity index (χ1n) is 6.69. The third-order valence-corrected chi connectivity index (χ3v) is 4.25. The Hall–Kier alpha value is -1.36. The monoisotopic (exact) mass is 281 g/mol. The number of hydrogen-bond acceptors (Lipinski definition) is 4. The summed E-state index contributed by atoms with van der Waals surface area (Å²) in [6, 6.07) is 3.75. The highest BCUT2D eigenvalue weighted by Crippen LogP contribution is 2.23. The van der Waals surface area contributed by atoms with Crippen LogP contribution in [-0.2, 0) is 9.53 Å². The lowest BCUT2D eigenvalue weighted by molar-refractivity contribution is -0.144. The molecule has 0 spiro atoms. The van der Waals surface area contributed by atoms with Crippen LogP contribution < -0.4 is 0 Å². The summed E-state index contributed by atoms with van der Waals surface area (Å²) in [4.78, 5) is 26.2. The number of ether oxygens (including phenoxy) is 1. The predicted molar refractivity (Wildman–Crippen MR) is 74.2 cm³/mol. The molecule has 1 amide bonds. The van der Waals surface area contributed by atoms with E-state index in [0.29, 0.717) is 18.9 Å². The van der Waals surface area contributed by atoms with Crippen LogP contribution in [0.15, 0.2) is 17.5 Å². The van der Waals surface area contributed by atoms with E-state index in [2.05, 4.69) is 0 Å². The van der Waals surface area contributed by atoms with Crippen LogP contribution in [0.4, 0.5) is 0 Å². The molecule has 4 nitrogen and oxygen atoms in total. The van der Waals surface area contributed by atoms with Gasteiger partial charge in [-0.25, -0.2) is 0 Å². The smallest absolute Gasteiger partial charge is 0.306 e. The van der Waals surface area contributed by atoms with Gasteiger partial charge in [-0.2, -0.15) is 0 Å². The Kier molecular flexibility index (Phi) is 4.96. The number of nitrogens with zero attached hydrogens (tertiary/aromatic N) is 1. The molecule has 1 aliphatic rings. The van der Waals surface area contributed by atoms with Gasteiger partial charge < -0.3 is 9.64 Å². The molecular weight excluding hydrogens is 262 g/mol. The number of carbonyl (C=O) groups is 2. The molecule has 104 valence electrons. The molecule has 5 heteroatoms. The maximum absolute atomic E-state index is 12.1. The average molecular weight is 281 g/mol.